The summed E-state index contributed by atoms with van der Waals surface area (Å²) in [5.74, 6) is -0.398. The number of nitrogens with one attached hydrogen (secondary N) is 2. The maximum absolute atomic E-state index is 12.9. The summed E-state index contributed by atoms with van der Waals surface area (Å²) >= 11 is 8.80. The van der Waals surface area contributed by atoms with E-state index in [0.717, 1.165) is 11.1 Å². The highest BCUT2D eigenvalue weighted by Gasteiger charge is 2.18. The van der Waals surface area contributed by atoms with E-state index in [1.807, 2.05) is 19.9 Å². The molecular formula is C19H18ClFN4OS2. The van der Waals surface area contributed by atoms with E-state index in [-0.39, 0.29) is 17.0 Å². The molecule has 1 aromatic heterocycles. The lowest BCUT2D eigenvalue weighted by Crippen LogP contribution is -2.22. The van der Waals surface area contributed by atoms with Gasteiger partial charge in [-0.1, -0.05) is 52.9 Å². The van der Waals surface area contributed by atoms with Crippen LogP contribution in [0.4, 0.5) is 15.2 Å². The van der Waals surface area contributed by atoms with E-state index in [4.69, 9.17) is 11.6 Å². The number of nitrogens with zero attached hydrogens (tertiary/aromatic N) is 2. The standard InChI is InChI=1S/C19H18ClFN4OS2/c1-11-15(20)4-3-5-16(11)23-17(26)12(2)27-19-25-24-18(28-19)22-10-13-6-8-14(21)9-7-13/h3-9,12H,10H2,1-2H3,(H,22,24)(H,23,26). The van der Waals surface area contributed by atoms with Gasteiger partial charge in [-0.05, 0) is 49.2 Å². The van der Waals surface area contributed by atoms with Crippen molar-refractivity contribution in [3.63, 3.8) is 0 Å². The van der Waals surface area contributed by atoms with Gasteiger partial charge in [0, 0.05) is 17.3 Å². The molecule has 3 rings (SSSR count). The molecule has 0 aliphatic rings. The number of anilines is 2. The first-order valence-corrected chi connectivity index (χ1v) is 10.5. The second kappa shape index (κ2) is 9.36. The van der Waals surface area contributed by atoms with Crippen molar-refractivity contribution in [2.24, 2.45) is 0 Å². The summed E-state index contributed by atoms with van der Waals surface area (Å²) in [4.78, 5) is 12.5. The first kappa shape index (κ1) is 20.6. The second-order valence-electron chi connectivity index (χ2n) is 6.01. The molecule has 5 nitrogen and oxygen atoms in total. The molecule has 0 saturated carbocycles. The zero-order valence-electron chi connectivity index (χ0n) is 15.2. The Morgan fingerprint density at radius 1 is 1.25 bits per heavy atom. The summed E-state index contributed by atoms with van der Waals surface area (Å²) in [7, 11) is 0. The Hall–Kier alpha value is -2.16. The van der Waals surface area contributed by atoms with Gasteiger partial charge < -0.3 is 10.6 Å². The molecule has 1 unspecified atom stereocenters. The minimum absolute atomic E-state index is 0.133. The number of carbonyl (C=O) groups is 1. The summed E-state index contributed by atoms with van der Waals surface area (Å²) in [6.07, 6.45) is 0. The molecule has 3 aromatic rings. The van der Waals surface area contributed by atoms with Crippen LogP contribution in [-0.4, -0.2) is 21.4 Å². The summed E-state index contributed by atoms with van der Waals surface area (Å²) in [5, 5.41) is 15.1. The average Bonchev–Trinajstić information content (AvgIpc) is 3.12. The molecule has 9 heteroatoms. The summed E-state index contributed by atoms with van der Waals surface area (Å²) < 4.78 is 13.6. The van der Waals surface area contributed by atoms with Gasteiger partial charge >= 0.3 is 0 Å². The minimum atomic E-state index is -0.351. The number of rotatable bonds is 7. The second-order valence-corrected chi connectivity index (χ2v) is 8.99. The van der Waals surface area contributed by atoms with Crippen LogP contribution in [0.3, 0.4) is 0 Å². The first-order chi connectivity index (χ1) is 13.4. The Morgan fingerprint density at radius 3 is 2.75 bits per heavy atom. The number of thioether (sulfide) groups is 1. The smallest absolute Gasteiger partial charge is 0.237 e. The predicted octanol–water partition coefficient (Wildman–Crippen LogP) is 5.37. The number of hydrogen-bond acceptors (Lipinski definition) is 6. The maximum atomic E-state index is 12.9. The fourth-order valence-electron chi connectivity index (χ4n) is 2.29. The van der Waals surface area contributed by atoms with Crippen LogP contribution in [0.5, 0.6) is 0 Å². The van der Waals surface area contributed by atoms with Crippen LogP contribution < -0.4 is 10.6 Å². The van der Waals surface area contributed by atoms with Gasteiger partial charge in [0.15, 0.2) is 4.34 Å². The number of halogens is 2. The highest BCUT2D eigenvalue weighted by Crippen LogP contribution is 2.30. The molecule has 146 valence electrons. The van der Waals surface area contributed by atoms with E-state index in [2.05, 4.69) is 20.8 Å². The van der Waals surface area contributed by atoms with Crippen molar-refractivity contribution in [1.82, 2.24) is 10.2 Å². The average molecular weight is 437 g/mol. The molecule has 0 aliphatic heterocycles. The Balaban J connectivity index is 1.54. The summed E-state index contributed by atoms with van der Waals surface area (Å²) in [6.45, 7) is 4.19. The topological polar surface area (TPSA) is 66.9 Å². The van der Waals surface area contributed by atoms with Gasteiger partial charge in [-0.3, -0.25) is 4.79 Å². The molecule has 0 aliphatic carbocycles. The zero-order chi connectivity index (χ0) is 20.1. The highest BCUT2D eigenvalue weighted by atomic mass is 35.5. The molecule has 28 heavy (non-hydrogen) atoms. The Labute approximate surface area is 175 Å². The van der Waals surface area contributed by atoms with Crippen LogP contribution in [-0.2, 0) is 11.3 Å². The van der Waals surface area contributed by atoms with Gasteiger partial charge in [-0.25, -0.2) is 4.39 Å². The number of carbonyl (C=O) groups excluding carboxylic acids is 1. The lowest BCUT2D eigenvalue weighted by molar-refractivity contribution is -0.115. The van der Waals surface area contributed by atoms with Crippen molar-refractivity contribution >= 4 is 51.4 Å². The zero-order valence-corrected chi connectivity index (χ0v) is 17.6. The summed E-state index contributed by atoms with van der Waals surface area (Å²) in [5.41, 5.74) is 2.47. The summed E-state index contributed by atoms with van der Waals surface area (Å²) in [6, 6.07) is 11.7. The van der Waals surface area contributed by atoms with Crippen LogP contribution in [0.2, 0.25) is 5.02 Å². The molecular weight excluding hydrogens is 419 g/mol. The van der Waals surface area contributed by atoms with Crippen LogP contribution in [0.1, 0.15) is 18.1 Å². The minimum Gasteiger partial charge on any atom is -0.356 e. The van der Waals surface area contributed by atoms with E-state index in [1.165, 1.54) is 35.2 Å². The number of aromatic nitrogens is 2. The number of hydrogen-bond donors (Lipinski definition) is 2. The van der Waals surface area contributed by atoms with Crippen molar-refractivity contribution in [2.45, 2.75) is 30.0 Å². The fraction of sp³-hybridized carbons (Fsp3) is 0.211. The lowest BCUT2D eigenvalue weighted by Gasteiger charge is -2.12. The molecule has 2 aromatic carbocycles. The SMILES string of the molecule is Cc1c(Cl)cccc1NC(=O)C(C)Sc1nnc(NCc2ccc(F)cc2)s1. The molecule has 1 amide bonds. The molecule has 0 fully saturated rings. The van der Waals surface area contributed by atoms with Gasteiger partial charge in [0.1, 0.15) is 5.82 Å². The Kier molecular flexibility index (Phi) is 6.88. The van der Waals surface area contributed by atoms with E-state index in [9.17, 15) is 9.18 Å². The van der Waals surface area contributed by atoms with Gasteiger partial charge in [-0.2, -0.15) is 0 Å². The Bertz CT molecular complexity index is 965. The third-order valence-corrected chi connectivity index (χ3v) is 6.41. The molecule has 1 atom stereocenters. The van der Waals surface area contributed by atoms with E-state index < -0.39 is 0 Å². The molecule has 2 N–H and O–H groups in total. The van der Waals surface area contributed by atoms with E-state index in [0.29, 0.717) is 26.7 Å². The van der Waals surface area contributed by atoms with Crippen molar-refractivity contribution in [3.8, 4) is 0 Å². The third kappa shape index (κ3) is 5.43. The molecule has 0 spiro atoms. The highest BCUT2D eigenvalue weighted by molar-refractivity contribution is 8.02. The van der Waals surface area contributed by atoms with Crippen molar-refractivity contribution in [3.05, 3.63) is 64.4 Å². The van der Waals surface area contributed by atoms with Crippen molar-refractivity contribution in [2.75, 3.05) is 10.6 Å². The number of benzene rings is 2. The monoisotopic (exact) mass is 436 g/mol. The van der Waals surface area contributed by atoms with E-state index >= 15 is 0 Å². The van der Waals surface area contributed by atoms with Crippen molar-refractivity contribution in [1.29, 1.82) is 0 Å². The molecule has 0 radical (unpaired) electrons. The Morgan fingerprint density at radius 2 is 2.00 bits per heavy atom. The predicted molar refractivity (Wildman–Crippen MR) is 114 cm³/mol. The van der Waals surface area contributed by atoms with E-state index in [1.54, 1.807) is 24.3 Å². The van der Waals surface area contributed by atoms with Crippen LogP contribution in [0.25, 0.3) is 0 Å². The van der Waals surface area contributed by atoms with Gasteiger partial charge in [0.2, 0.25) is 11.0 Å². The van der Waals surface area contributed by atoms with Gasteiger partial charge in [0.05, 0.1) is 5.25 Å². The maximum Gasteiger partial charge on any atom is 0.237 e. The van der Waals surface area contributed by atoms with Crippen LogP contribution in [0, 0.1) is 12.7 Å². The molecule has 0 saturated heterocycles. The molecule has 1 heterocycles. The third-order valence-electron chi connectivity index (χ3n) is 3.94. The molecule has 0 bridgehead atoms. The van der Waals surface area contributed by atoms with Gasteiger partial charge in [-0.15, -0.1) is 10.2 Å². The van der Waals surface area contributed by atoms with Crippen molar-refractivity contribution < 1.29 is 9.18 Å². The van der Waals surface area contributed by atoms with Crippen LogP contribution in [0.15, 0.2) is 46.8 Å². The first-order valence-electron chi connectivity index (χ1n) is 8.47. The normalized spacial score (nSPS) is 11.9. The quantitative estimate of drug-likeness (QED) is 0.487. The van der Waals surface area contributed by atoms with Crippen LogP contribution >= 0.6 is 34.7 Å². The number of amides is 1. The fourth-order valence-corrected chi connectivity index (χ4v) is 4.36. The van der Waals surface area contributed by atoms with Gasteiger partial charge in [0.25, 0.3) is 0 Å². The lowest BCUT2D eigenvalue weighted by atomic mass is 10.2. The largest absolute Gasteiger partial charge is 0.356 e.